The number of aromatic hydroxyl groups is 2. The van der Waals surface area contributed by atoms with Crippen LogP contribution in [0.15, 0.2) is 21.7 Å². The molecule has 0 aliphatic carbocycles. The van der Waals surface area contributed by atoms with Gasteiger partial charge in [0, 0.05) is 7.05 Å². The van der Waals surface area contributed by atoms with Crippen LogP contribution in [-0.4, -0.2) is 20.0 Å². The monoisotopic (exact) mass is 208 g/mol. The van der Waals surface area contributed by atoms with Gasteiger partial charge in [0.05, 0.1) is 10.8 Å². The number of hydrogen-bond donors (Lipinski definition) is 3. The number of rotatable bonds is 0. The maximum Gasteiger partial charge on any atom is 0.272 e. The predicted octanol–water partition coefficient (Wildman–Crippen LogP) is -0.362. The van der Waals surface area contributed by atoms with E-state index in [2.05, 4.69) is 5.10 Å². The van der Waals surface area contributed by atoms with Gasteiger partial charge in [0.15, 0.2) is 11.5 Å². The molecule has 0 aliphatic rings. The Bertz CT molecular complexity index is 653. The Kier molecular flexibility index (Phi) is 1.79. The van der Waals surface area contributed by atoms with E-state index < -0.39 is 22.6 Å². The molecule has 0 fully saturated rings. The summed E-state index contributed by atoms with van der Waals surface area (Å²) >= 11 is 0. The van der Waals surface area contributed by atoms with Crippen LogP contribution in [0.25, 0.3) is 10.8 Å². The molecule has 1 aromatic carbocycles. The Labute approximate surface area is 83.0 Å². The SMILES string of the molecule is Cn1[nH]c(=O)c2cc(O)c(O)cc2c1=O. The van der Waals surface area contributed by atoms with Gasteiger partial charge in [0.25, 0.3) is 11.1 Å². The zero-order valence-corrected chi connectivity index (χ0v) is 7.81. The lowest BCUT2D eigenvalue weighted by atomic mass is 10.2. The van der Waals surface area contributed by atoms with Gasteiger partial charge in [-0.3, -0.25) is 19.4 Å². The van der Waals surface area contributed by atoms with Crippen LogP contribution in [0, 0.1) is 0 Å². The van der Waals surface area contributed by atoms with E-state index in [4.69, 9.17) is 0 Å². The number of phenols is 2. The van der Waals surface area contributed by atoms with Gasteiger partial charge in [-0.15, -0.1) is 0 Å². The first kappa shape index (κ1) is 9.32. The van der Waals surface area contributed by atoms with E-state index in [9.17, 15) is 19.8 Å². The summed E-state index contributed by atoms with van der Waals surface area (Å²) in [4.78, 5) is 23.0. The van der Waals surface area contributed by atoms with Gasteiger partial charge < -0.3 is 10.2 Å². The second-order valence-electron chi connectivity index (χ2n) is 3.19. The maximum absolute atomic E-state index is 11.5. The summed E-state index contributed by atoms with van der Waals surface area (Å²) in [6, 6.07) is 2.13. The van der Waals surface area contributed by atoms with Crippen molar-refractivity contribution < 1.29 is 10.2 Å². The number of phenolic OH excluding ortho intramolecular Hbond substituents is 2. The molecule has 78 valence electrons. The highest BCUT2D eigenvalue weighted by Gasteiger charge is 2.09. The lowest BCUT2D eigenvalue weighted by Crippen LogP contribution is -2.27. The molecule has 0 atom stereocenters. The van der Waals surface area contributed by atoms with E-state index in [1.54, 1.807) is 0 Å². The summed E-state index contributed by atoms with van der Waals surface area (Å²) in [7, 11) is 1.40. The molecule has 1 heterocycles. The lowest BCUT2D eigenvalue weighted by molar-refractivity contribution is 0.404. The molecule has 0 spiro atoms. The molecule has 0 aliphatic heterocycles. The Balaban J connectivity index is 3.11. The van der Waals surface area contributed by atoms with Crippen molar-refractivity contribution in [3.05, 3.63) is 32.8 Å². The number of fused-ring (bicyclic) bond motifs is 1. The number of aromatic nitrogens is 2. The number of nitrogens with one attached hydrogen (secondary N) is 1. The van der Waals surface area contributed by atoms with Crippen LogP contribution in [-0.2, 0) is 7.05 Å². The standard InChI is InChI=1S/C9H8N2O4/c1-11-9(15)5-3-7(13)6(12)2-4(5)8(14)10-11/h2-3,12-13H,1H3,(H,10,14). The van der Waals surface area contributed by atoms with Crippen molar-refractivity contribution in [2.75, 3.05) is 0 Å². The topological polar surface area (TPSA) is 95.3 Å². The summed E-state index contributed by atoms with van der Waals surface area (Å²) in [6.45, 7) is 0. The Morgan fingerprint density at radius 2 is 1.67 bits per heavy atom. The lowest BCUT2D eigenvalue weighted by Gasteiger charge is -2.02. The molecule has 6 heteroatoms. The third-order valence-electron chi connectivity index (χ3n) is 2.16. The minimum absolute atomic E-state index is 0.0494. The van der Waals surface area contributed by atoms with Gasteiger partial charge in [-0.2, -0.15) is 0 Å². The molecule has 2 rings (SSSR count). The van der Waals surface area contributed by atoms with Crippen LogP contribution in [0.1, 0.15) is 0 Å². The number of hydrogen-bond acceptors (Lipinski definition) is 4. The highest BCUT2D eigenvalue weighted by molar-refractivity contribution is 5.84. The minimum Gasteiger partial charge on any atom is -0.504 e. The van der Waals surface area contributed by atoms with Crippen molar-refractivity contribution in [1.82, 2.24) is 9.78 Å². The van der Waals surface area contributed by atoms with Gasteiger partial charge in [-0.1, -0.05) is 0 Å². The molecule has 0 amide bonds. The average Bonchev–Trinajstić information content (AvgIpc) is 2.18. The minimum atomic E-state index is -0.498. The van der Waals surface area contributed by atoms with E-state index in [0.717, 1.165) is 16.8 Å². The number of nitrogens with zero attached hydrogens (tertiary/aromatic N) is 1. The summed E-state index contributed by atoms with van der Waals surface area (Å²) in [5, 5.41) is 20.8. The number of H-pyrrole nitrogens is 1. The third kappa shape index (κ3) is 1.26. The first-order valence-electron chi connectivity index (χ1n) is 4.15. The van der Waals surface area contributed by atoms with E-state index in [-0.39, 0.29) is 10.8 Å². The van der Waals surface area contributed by atoms with Gasteiger partial charge in [0.2, 0.25) is 0 Å². The number of aryl methyl sites for hydroxylation is 1. The van der Waals surface area contributed by atoms with E-state index in [1.807, 2.05) is 0 Å². The normalized spacial score (nSPS) is 10.7. The van der Waals surface area contributed by atoms with Crippen molar-refractivity contribution in [2.45, 2.75) is 0 Å². The van der Waals surface area contributed by atoms with E-state index >= 15 is 0 Å². The van der Waals surface area contributed by atoms with Crippen molar-refractivity contribution >= 4 is 10.8 Å². The van der Waals surface area contributed by atoms with Crippen molar-refractivity contribution in [2.24, 2.45) is 7.05 Å². The van der Waals surface area contributed by atoms with Gasteiger partial charge in [-0.05, 0) is 12.1 Å². The highest BCUT2D eigenvalue weighted by Crippen LogP contribution is 2.26. The smallest absolute Gasteiger partial charge is 0.272 e. The van der Waals surface area contributed by atoms with Crippen molar-refractivity contribution in [3.8, 4) is 11.5 Å². The predicted molar refractivity (Wildman–Crippen MR) is 53.1 cm³/mol. The number of benzene rings is 1. The largest absolute Gasteiger partial charge is 0.504 e. The van der Waals surface area contributed by atoms with Gasteiger partial charge in [-0.25, -0.2) is 0 Å². The van der Waals surface area contributed by atoms with Gasteiger partial charge in [0.1, 0.15) is 0 Å². The molecule has 0 unspecified atom stereocenters. The second-order valence-corrected chi connectivity index (χ2v) is 3.19. The van der Waals surface area contributed by atoms with E-state index in [0.29, 0.717) is 0 Å². The molecular weight excluding hydrogens is 200 g/mol. The first-order valence-corrected chi connectivity index (χ1v) is 4.15. The fraction of sp³-hybridized carbons (Fsp3) is 0.111. The summed E-state index contributed by atoms with van der Waals surface area (Å²) in [5.41, 5.74) is -0.942. The Morgan fingerprint density at radius 3 is 2.27 bits per heavy atom. The average molecular weight is 208 g/mol. The molecular formula is C9H8N2O4. The van der Waals surface area contributed by atoms with Crippen LogP contribution in [0.3, 0.4) is 0 Å². The molecule has 3 N–H and O–H groups in total. The summed E-state index contributed by atoms with van der Waals surface area (Å²) < 4.78 is 1.02. The summed E-state index contributed by atoms with van der Waals surface area (Å²) in [5.74, 6) is -0.855. The Morgan fingerprint density at radius 1 is 1.13 bits per heavy atom. The van der Waals surface area contributed by atoms with Crippen LogP contribution in [0.5, 0.6) is 11.5 Å². The zero-order valence-electron chi connectivity index (χ0n) is 7.81. The molecule has 6 nitrogen and oxygen atoms in total. The fourth-order valence-electron chi connectivity index (χ4n) is 1.39. The van der Waals surface area contributed by atoms with Crippen LogP contribution >= 0.6 is 0 Å². The first-order chi connectivity index (χ1) is 7.00. The van der Waals surface area contributed by atoms with Crippen molar-refractivity contribution in [1.29, 1.82) is 0 Å². The van der Waals surface area contributed by atoms with Gasteiger partial charge >= 0.3 is 0 Å². The second kappa shape index (κ2) is 2.88. The molecule has 0 saturated carbocycles. The molecule has 2 aromatic rings. The molecule has 0 saturated heterocycles. The molecule has 0 radical (unpaired) electrons. The maximum atomic E-state index is 11.5. The zero-order chi connectivity index (χ0) is 11.2. The fourth-order valence-corrected chi connectivity index (χ4v) is 1.39. The quantitative estimate of drug-likeness (QED) is 0.515. The highest BCUT2D eigenvalue weighted by atomic mass is 16.3. The molecule has 15 heavy (non-hydrogen) atoms. The third-order valence-corrected chi connectivity index (χ3v) is 2.16. The van der Waals surface area contributed by atoms with Crippen molar-refractivity contribution in [3.63, 3.8) is 0 Å². The molecule has 0 bridgehead atoms. The Hall–Kier alpha value is -2.24. The van der Waals surface area contributed by atoms with Crippen LogP contribution in [0.4, 0.5) is 0 Å². The summed E-state index contributed by atoms with van der Waals surface area (Å²) in [6.07, 6.45) is 0. The van der Waals surface area contributed by atoms with E-state index in [1.165, 1.54) is 7.05 Å². The van der Waals surface area contributed by atoms with Crippen LogP contribution in [0.2, 0.25) is 0 Å². The van der Waals surface area contributed by atoms with Crippen LogP contribution < -0.4 is 11.1 Å². The molecule has 1 aromatic heterocycles. The number of aromatic amines is 1.